The van der Waals surface area contributed by atoms with Gasteiger partial charge in [0, 0.05) is 29.9 Å². The highest BCUT2D eigenvalue weighted by Crippen LogP contribution is 2.40. The molecule has 1 N–H and O–H groups in total. The Morgan fingerprint density at radius 3 is 2.65 bits per heavy atom. The van der Waals surface area contributed by atoms with E-state index in [1.165, 1.54) is 0 Å². The molecule has 20 heavy (non-hydrogen) atoms. The van der Waals surface area contributed by atoms with Crippen LogP contribution < -0.4 is 5.32 Å². The Bertz CT molecular complexity index is 505. The van der Waals surface area contributed by atoms with Crippen molar-refractivity contribution in [1.82, 2.24) is 10.3 Å². The number of pyridine rings is 1. The van der Waals surface area contributed by atoms with Gasteiger partial charge in [-0.25, -0.2) is 0 Å². The number of hydrogen-bond acceptors (Lipinski definition) is 3. The maximum absolute atomic E-state index is 13.0. The van der Waals surface area contributed by atoms with E-state index in [2.05, 4.69) is 10.3 Å². The van der Waals surface area contributed by atoms with E-state index in [1.54, 1.807) is 0 Å². The van der Waals surface area contributed by atoms with Crippen LogP contribution in [0.15, 0.2) is 18.5 Å². The highest BCUT2D eigenvalue weighted by Gasteiger charge is 2.47. The Labute approximate surface area is 115 Å². The molecule has 110 valence electrons. The smallest absolute Gasteiger partial charge is 0.316 e. The third kappa shape index (κ3) is 2.44. The number of carbonyl (C=O) groups is 1. The number of Topliss-reactive ketones (excluding diaryl/α,β-unsaturated/α-hetero) is 1. The predicted octanol–water partition coefficient (Wildman–Crippen LogP) is 2.92. The first-order valence-electron chi connectivity index (χ1n) is 6.56. The quantitative estimate of drug-likeness (QED) is 0.869. The maximum atomic E-state index is 13.0. The topological polar surface area (TPSA) is 42.0 Å². The number of hydrogen-bond donors (Lipinski definition) is 1. The molecular weight excluding hydrogens is 269 g/mol. The minimum absolute atomic E-state index is 0.0358. The third-order valence-corrected chi connectivity index (χ3v) is 4.12. The van der Waals surface area contributed by atoms with Gasteiger partial charge in [0.15, 0.2) is 5.78 Å². The molecule has 0 spiro atoms. The van der Waals surface area contributed by atoms with Crippen molar-refractivity contribution in [3.8, 4) is 0 Å². The first kappa shape index (κ1) is 15.0. The Balaban J connectivity index is 2.49. The summed E-state index contributed by atoms with van der Waals surface area (Å²) in [6.07, 6.45) is -1.89. The van der Waals surface area contributed by atoms with Crippen molar-refractivity contribution in [3.63, 3.8) is 0 Å². The average molecular weight is 286 g/mol. The zero-order valence-electron chi connectivity index (χ0n) is 11.4. The van der Waals surface area contributed by atoms with Gasteiger partial charge in [0.1, 0.15) is 0 Å². The summed E-state index contributed by atoms with van der Waals surface area (Å²) in [5.74, 6) is -0.496. The molecule has 2 heterocycles. The van der Waals surface area contributed by atoms with Crippen LogP contribution in [0.3, 0.4) is 0 Å². The van der Waals surface area contributed by atoms with Gasteiger partial charge >= 0.3 is 6.18 Å². The number of alkyl halides is 3. The highest BCUT2D eigenvalue weighted by molar-refractivity contribution is 6.02. The van der Waals surface area contributed by atoms with E-state index in [0.29, 0.717) is 19.5 Å². The van der Waals surface area contributed by atoms with Crippen LogP contribution in [0, 0.1) is 11.3 Å². The van der Waals surface area contributed by atoms with E-state index in [0.717, 1.165) is 18.5 Å². The molecule has 0 radical (unpaired) electrons. The van der Waals surface area contributed by atoms with E-state index in [1.807, 2.05) is 13.8 Å². The normalized spacial score (nSPS) is 23.3. The van der Waals surface area contributed by atoms with Crippen LogP contribution in [0.5, 0.6) is 0 Å². The molecule has 0 aliphatic carbocycles. The van der Waals surface area contributed by atoms with Crippen LogP contribution in [-0.4, -0.2) is 23.9 Å². The van der Waals surface area contributed by atoms with Crippen molar-refractivity contribution in [3.05, 3.63) is 29.6 Å². The molecule has 1 aromatic rings. The SMILES string of the molecule is CC(C)C1(C(=O)c2cnccc2C(F)(F)F)CCNC1. The van der Waals surface area contributed by atoms with Crippen LogP contribution in [0.2, 0.25) is 0 Å². The fourth-order valence-corrected chi connectivity index (χ4v) is 2.75. The summed E-state index contributed by atoms with van der Waals surface area (Å²) >= 11 is 0. The second-order valence-electron chi connectivity index (χ2n) is 5.49. The van der Waals surface area contributed by atoms with Gasteiger partial charge in [0.2, 0.25) is 0 Å². The average Bonchev–Trinajstić information content (AvgIpc) is 2.87. The molecule has 1 unspecified atom stereocenters. The summed E-state index contributed by atoms with van der Waals surface area (Å²) in [6.45, 7) is 4.80. The molecule has 0 bridgehead atoms. The van der Waals surface area contributed by atoms with Gasteiger partial charge in [-0.2, -0.15) is 13.2 Å². The molecule has 3 nitrogen and oxygen atoms in total. The van der Waals surface area contributed by atoms with Crippen LogP contribution in [0.1, 0.15) is 36.2 Å². The van der Waals surface area contributed by atoms with Crippen molar-refractivity contribution in [2.75, 3.05) is 13.1 Å². The first-order valence-corrected chi connectivity index (χ1v) is 6.56. The summed E-state index contributed by atoms with van der Waals surface area (Å²) in [5, 5.41) is 3.08. The van der Waals surface area contributed by atoms with Crippen LogP contribution >= 0.6 is 0 Å². The molecule has 1 saturated heterocycles. The second-order valence-corrected chi connectivity index (χ2v) is 5.49. The van der Waals surface area contributed by atoms with Crippen molar-refractivity contribution < 1.29 is 18.0 Å². The van der Waals surface area contributed by atoms with E-state index < -0.39 is 22.9 Å². The molecule has 1 aliphatic heterocycles. The van der Waals surface area contributed by atoms with E-state index in [9.17, 15) is 18.0 Å². The third-order valence-electron chi connectivity index (χ3n) is 4.12. The molecule has 1 atom stereocenters. The Morgan fingerprint density at radius 2 is 2.15 bits per heavy atom. The summed E-state index contributed by atoms with van der Waals surface area (Å²) in [6, 6.07) is 0.865. The van der Waals surface area contributed by atoms with Gasteiger partial charge in [-0.1, -0.05) is 13.8 Å². The van der Waals surface area contributed by atoms with Gasteiger partial charge in [-0.05, 0) is 24.9 Å². The number of nitrogens with one attached hydrogen (secondary N) is 1. The number of nitrogens with zero attached hydrogens (tertiary/aromatic N) is 1. The van der Waals surface area contributed by atoms with Gasteiger partial charge < -0.3 is 5.32 Å². The van der Waals surface area contributed by atoms with Crippen LogP contribution in [0.4, 0.5) is 13.2 Å². The largest absolute Gasteiger partial charge is 0.417 e. The molecule has 1 aromatic heterocycles. The number of aromatic nitrogens is 1. The summed E-state index contributed by atoms with van der Waals surface area (Å²) in [4.78, 5) is 16.4. The molecular formula is C14H17F3N2O. The van der Waals surface area contributed by atoms with Gasteiger partial charge in [-0.3, -0.25) is 9.78 Å². The minimum Gasteiger partial charge on any atom is -0.316 e. The zero-order chi connectivity index (χ0) is 15.0. The first-order chi connectivity index (χ1) is 9.29. The lowest BCUT2D eigenvalue weighted by molar-refractivity contribution is -0.138. The van der Waals surface area contributed by atoms with Crippen molar-refractivity contribution in [2.24, 2.45) is 11.3 Å². The molecule has 1 aliphatic rings. The molecule has 6 heteroatoms. The molecule has 1 fully saturated rings. The lowest BCUT2D eigenvalue weighted by Crippen LogP contribution is -2.39. The molecule has 0 aromatic carbocycles. The standard InChI is InChI=1S/C14H17F3N2O/c1-9(2)13(4-6-19-8-13)12(20)10-7-18-5-3-11(10)14(15,16)17/h3,5,7,9,19H,4,6,8H2,1-2H3. The lowest BCUT2D eigenvalue weighted by atomic mass is 9.70. The van der Waals surface area contributed by atoms with E-state index in [4.69, 9.17) is 0 Å². The summed E-state index contributed by atoms with van der Waals surface area (Å²) in [7, 11) is 0. The number of carbonyl (C=O) groups excluding carboxylic acids is 1. The Morgan fingerprint density at radius 1 is 1.45 bits per heavy atom. The lowest BCUT2D eigenvalue weighted by Gasteiger charge is -2.31. The van der Waals surface area contributed by atoms with Crippen LogP contribution in [0.25, 0.3) is 0 Å². The number of rotatable bonds is 3. The van der Waals surface area contributed by atoms with E-state index >= 15 is 0 Å². The fourth-order valence-electron chi connectivity index (χ4n) is 2.75. The van der Waals surface area contributed by atoms with Crippen molar-refractivity contribution in [1.29, 1.82) is 0 Å². The summed E-state index contributed by atoms with van der Waals surface area (Å²) < 4.78 is 39.1. The van der Waals surface area contributed by atoms with Gasteiger partial charge in [0.05, 0.1) is 5.56 Å². The monoisotopic (exact) mass is 286 g/mol. The van der Waals surface area contributed by atoms with Gasteiger partial charge in [0.25, 0.3) is 0 Å². The second kappa shape index (κ2) is 5.16. The van der Waals surface area contributed by atoms with Crippen molar-refractivity contribution >= 4 is 5.78 Å². The van der Waals surface area contributed by atoms with Crippen molar-refractivity contribution in [2.45, 2.75) is 26.4 Å². The van der Waals surface area contributed by atoms with E-state index in [-0.39, 0.29) is 11.5 Å². The highest BCUT2D eigenvalue weighted by atomic mass is 19.4. The number of halogens is 3. The molecule has 0 amide bonds. The number of ketones is 1. The Kier molecular flexibility index (Phi) is 3.86. The minimum atomic E-state index is -4.54. The van der Waals surface area contributed by atoms with Crippen LogP contribution in [-0.2, 0) is 6.18 Å². The fraction of sp³-hybridized carbons (Fsp3) is 0.571. The molecule has 0 saturated carbocycles. The zero-order valence-corrected chi connectivity index (χ0v) is 11.4. The predicted molar refractivity (Wildman–Crippen MR) is 68.3 cm³/mol. The molecule has 2 rings (SSSR count). The maximum Gasteiger partial charge on any atom is 0.417 e. The summed E-state index contributed by atoms with van der Waals surface area (Å²) in [5.41, 5.74) is -2.00. The van der Waals surface area contributed by atoms with Gasteiger partial charge in [-0.15, -0.1) is 0 Å². The Hall–Kier alpha value is -1.43.